The van der Waals surface area contributed by atoms with Crippen LogP contribution >= 0.6 is 0 Å². The number of carbonyl (C=O) groups is 2. The van der Waals surface area contributed by atoms with Crippen molar-refractivity contribution in [2.75, 3.05) is 18.5 Å². The number of amides is 1. The normalized spacial score (nSPS) is 13.4. The van der Waals surface area contributed by atoms with Crippen LogP contribution in [-0.2, 0) is 9.53 Å². The molecule has 0 bridgehead atoms. The maximum Gasteiger partial charge on any atom is 0.338 e. The lowest BCUT2D eigenvalue weighted by Gasteiger charge is -2.19. The number of hydrogen-bond acceptors (Lipinski definition) is 7. The minimum Gasteiger partial charge on any atom is -0.486 e. The van der Waals surface area contributed by atoms with E-state index < -0.39 is 22.9 Å². The minimum absolute atomic E-state index is 0.111. The van der Waals surface area contributed by atoms with Gasteiger partial charge in [-0.05, 0) is 31.2 Å². The molecule has 140 valence electrons. The Kier molecular flexibility index (Phi) is 5.20. The molecular formula is C18H16N2O7. The maximum atomic E-state index is 12.2. The van der Waals surface area contributed by atoms with Crippen LogP contribution in [0.3, 0.4) is 0 Å². The van der Waals surface area contributed by atoms with Gasteiger partial charge in [-0.15, -0.1) is 0 Å². The predicted molar refractivity (Wildman–Crippen MR) is 94.0 cm³/mol. The molecule has 0 aromatic heterocycles. The minimum atomic E-state index is -1.07. The Labute approximate surface area is 154 Å². The van der Waals surface area contributed by atoms with E-state index in [2.05, 4.69) is 5.32 Å². The molecule has 0 spiro atoms. The fraction of sp³-hybridized carbons (Fsp3) is 0.222. The van der Waals surface area contributed by atoms with E-state index in [9.17, 15) is 19.7 Å². The van der Waals surface area contributed by atoms with Crippen molar-refractivity contribution < 1.29 is 28.7 Å². The van der Waals surface area contributed by atoms with E-state index in [1.165, 1.54) is 31.2 Å². The number of nitrogens with one attached hydrogen (secondary N) is 1. The van der Waals surface area contributed by atoms with E-state index in [0.29, 0.717) is 30.4 Å². The molecule has 9 heteroatoms. The summed E-state index contributed by atoms with van der Waals surface area (Å²) >= 11 is 0. The Hall–Kier alpha value is -3.62. The molecular weight excluding hydrogens is 356 g/mol. The zero-order valence-corrected chi connectivity index (χ0v) is 14.3. The Morgan fingerprint density at radius 2 is 1.78 bits per heavy atom. The SMILES string of the molecule is C[C@@H](OC(=O)c1ccc([N+](=O)[O-])cc1)C(=O)Nc1ccc2c(c1)OCCO2. The lowest BCUT2D eigenvalue weighted by molar-refractivity contribution is -0.384. The second-order valence-corrected chi connectivity index (χ2v) is 5.70. The number of ether oxygens (including phenoxy) is 3. The second-order valence-electron chi connectivity index (χ2n) is 5.70. The standard InChI is InChI=1S/C18H16N2O7/c1-11(27-18(22)12-2-5-14(6-3-12)20(23)24)17(21)19-13-4-7-15-16(10-13)26-9-8-25-15/h2-7,10-11H,8-9H2,1H3,(H,19,21)/t11-/m1/s1. The summed E-state index contributed by atoms with van der Waals surface area (Å²) in [4.78, 5) is 34.4. The van der Waals surface area contributed by atoms with Gasteiger partial charge in [0.15, 0.2) is 17.6 Å². The highest BCUT2D eigenvalue weighted by Crippen LogP contribution is 2.32. The summed E-state index contributed by atoms with van der Waals surface area (Å²) in [6, 6.07) is 9.87. The first-order valence-corrected chi connectivity index (χ1v) is 8.10. The van der Waals surface area contributed by atoms with Gasteiger partial charge in [-0.25, -0.2) is 4.79 Å². The second kappa shape index (κ2) is 7.73. The molecule has 27 heavy (non-hydrogen) atoms. The van der Waals surface area contributed by atoms with Crippen LogP contribution in [0.15, 0.2) is 42.5 Å². The first kappa shape index (κ1) is 18.2. The van der Waals surface area contributed by atoms with Crippen molar-refractivity contribution in [3.63, 3.8) is 0 Å². The number of esters is 1. The van der Waals surface area contributed by atoms with Gasteiger partial charge >= 0.3 is 5.97 Å². The fourth-order valence-corrected chi connectivity index (χ4v) is 2.37. The van der Waals surface area contributed by atoms with Crippen LogP contribution in [0.2, 0.25) is 0 Å². The van der Waals surface area contributed by atoms with E-state index in [1.54, 1.807) is 18.2 Å². The first-order chi connectivity index (χ1) is 12.9. The maximum absolute atomic E-state index is 12.2. The van der Waals surface area contributed by atoms with Crippen molar-refractivity contribution in [3.8, 4) is 11.5 Å². The molecule has 0 radical (unpaired) electrons. The lowest BCUT2D eigenvalue weighted by Crippen LogP contribution is -2.30. The van der Waals surface area contributed by atoms with E-state index in [1.807, 2.05) is 0 Å². The van der Waals surface area contributed by atoms with Crippen LogP contribution in [-0.4, -0.2) is 36.1 Å². The Morgan fingerprint density at radius 1 is 1.11 bits per heavy atom. The summed E-state index contributed by atoms with van der Waals surface area (Å²) in [5, 5.41) is 13.3. The third-order valence-corrected chi connectivity index (χ3v) is 3.78. The van der Waals surface area contributed by atoms with E-state index in [-0.39, 0.29) is 11.3 Å². The van der Waals surface area contributed by atoms with Gasteiger partial charge in [0.05, 0.1) is 10.5 Å². The van der Waals surface area contributed by atoms with Crippen LogP contribution in [0, 0.1) is 10.1 Å². The fourth-order valence-electron chi connectivity index (χ4n) is 2.37. The number of non-ortho nitro benzene ring substituents is 1. The molecule has 0 saturated carbocycles. The molecule has 0 fully saturated rings. The molecule has 1 heterocycles. The predicted octanol–water partition coefficient (Wildman–Crippen LogP) is 2.55. The molecule has 1 amide bonds. The molecule has 1 atom stereocenters. The van der Waals surface area contributed by atoms with Crippen molar-refractivity contribution in [3.05, 3.63) is 58.1 Å². The van der Waals surface area contributed by atoms with Crippen molar-refractivity contribution in [2.24, 2.45) is 0 Å². The molecule has 1 aliphatic heterocycles. The van der Waals surface area contributed by atoms with Crippen molar-refractivity contribution in [1.29, 1.82) is 0 Å². The van der Waals surface area contributed by atoms with Crippen LogP contribution in [0.5, 0.6) is 11.5 Å². The van der Waals surface area contributed by atoms with Gasteiger partial charge in [0, 0.05) is 23.9 Å². The number of hydrogen-bond donors (Lipinski definition) is 1. The van der Waals surface area contributed by atoms with Gasteiger partial charge in [-0.2, -0.15) is 0 Å². The number of nitro groups is 1. The highest BCUT2D eigenvalue weighted by Gasteiger charge is 2.20. The summed E-state index contributed by atoms with van der Waals surface area (Å²) < 4.78 is 16.0. The van der Waals surface area contributed by atoms with Crippen molar-refractivity contribution in [1.82, 2.24) is 0 Å². The van der Waals surface area contributed by atoms with Crippen LogP contribution in [0.25, 0.3) is 0 Å². The number of nitrogens with zero attached hydrogens (tertiary/aromatic N) is 1. The first-order valence-electron chi connectivity index (χ1n) is 8.10. The number of carbonyl (C=O) groups excluding carboxylic acids is 2. The summed E-state index contributed by atoms with van der Waals surface area (Å²) in [5.74, 6) is -0.164. The number of rotatable bonds is 5. The third kappa shape index (κ3) is 4.32. The third-order valence-electron chi connectivity index (χ3n) is 3.78. The number of fused-ring (bicyclic) bond motifs is 1. The van der Waals surface area contributed by atoms with Gasteiger partial charge in [0.1, 0.15) is 13.2 Å². The molecule has 0 aliphatic carbocycles. The zero-order chi connectivity index (χ0) is 19.4. The van der Waals surface area contributed by atoms with E-state index in [0.717, 1.165) is 0 Å². The number of nitro benzene ring substituents is 1. The molecule has 2 aromatic rings. The Morgan fingerprint density at radius 3 is 2.44 bits per heavy atom. The van der Waals surface area contributed by atoms with Crippen LogP contribution < -0.4 is 14.8 Å². The Bertz CT molecular complexity index is 880. The van der Waals surface area contributed by atoms with Gasteiger partial charge in [-0.3, -0.25) is 14.9 Å². The molecule has 1 aliphatic rings. The quantitative estimate of drug-likeness (QED) is 0.487. The summed E-state index contributed by atoms with van der Waals surface area (Å²) in [5.41, 5.74) is 0.443. The molecule has 3 rings (SSSR count). The van der Waals surface area contributed by atoms with Crippen LogP contribution in [0.1, 0.15) is 17.3 Å². The largest absolute Gasteiger partial charge is 0.486 e. The van der Waals surface area contributed by atoms with Crippen molar-refractivity contribution in [2.45, 2.75) is 13.0 Å². The molecule has 1 N–H and O–H groups in total. The van der Waals surface area contributed by atoms with E-state index >= 15 is 0 Å². The zero-order valence-electron chi connectivity index (χ0n) is 14.3. The molecule has 0 saturated heterocycles. The van der Waals surface area contributed by atoms with E-state index in [4.69, 9.17) is 14.2 Å². The lowest BCUT2D eigenvalue weighted by atomic mass is 10.2. The highest BCUT2D eigenvalue weighted by molar-refractivity contribution is 5.97. The van der Waals surface area contributed by atoms with Crippen LogP contribution in [0.4, 0.5) is 11.4 Å². The number of benzene rings is 2. The average molecular weight is 372 g/mol. The van der Waals surface area contributed by atoms with Gasteiger partial charge in [0.25, 0.3) is 11.6 Å². The molecule has 9 nitrogen and oxygen atoms in total. The summed E-state index contributed by atoms with van der Waals surface area (Å²) in [7, 11) is 0. The topological polar surface area (TPSA) is 117 Å². The molecule has 2 aromatic carbocycles. The summed E-state index contributed by atoms with van der Waals surface area (Å²) in [6.07, 6.45) is -1.07. The average Bonchev–Trinajstić information content (AvgIpc) is 2.67. The smallest absolute Gasteiger partial charge is 0.338 e. The van der Waals surface area contributed by atoms with Gasteiger partial charge < -0.3 is 19.5 Å². The van der Waals surface area contributed by atoms with Gasteiger partial charge in [0.2, 0.25) is 0 Å². The Balaban J connectivity index is 1.60. The van der Waals surface area contributed by atoms with Gasteiger partial charge in [-0.1, -0.05) is 0 Å². The molecule has 0 unspecified atom stereocenters. The highest BCUT2D eigenvalue weighted by atomic mass is 16.6. The van der Waals surface area contributed by atoms with Crippen molar-refractivity contribution >= 4 is 23.3 Å². The number of anilines is 1. The summed E-state index contributed by atoms with van der Waals surface area (Å²) in [6.45, 7) is 2.32. The monoisotopic (exact) mass is 372 g/mol.